The lowest BCUT2D eigenvalue weighted by Crippen LogP contribution is -2.35. The van der Waals surface area contributed by atoms with E-state index >= 15 is 0 Å². The van der Waals surface area contributed by atoms with E-state index in [0.29, 0.717) is 5.92 Å². The van der Waals surface area contributed by atoms with Crippen LogP contribution in [0, 0.1) is 0 Å². The van der Waals surface area contributed by atoms with E-state index in [1.165, 1.54) is 23.4 Å². The van der Waals surface area contributed by atoms with E-state index in [1.54, 1.807) is 0 Å². The average Bonchev–Trinajstić information content (AvgIpc) is 3.23. The number of methoxy groups -OCH3 is 1. The van der Waals surface area contributed by atoms with Crippen molar-refractivity contribution in [3.8, 4) is 0 Å². The zero-order valence-corrected chi connectivity index (χ0v) is 14.1. The SMILES string of the molecule is COC1(c2nc(C(C)C)c(CNC3CC3)s2)CCOCC1. The molecule has 1 aliphatic heterocycles. The minimum atomic E-state index is -0.232. The molecule has 2 heterocycles. The van der Waals surface area contributed by atoms with Crippen molar-refractivity contribution in [2.45, 2.75) is 63.6 Å². The maximum absolute atomic E-state index is 5.90. The third-order valence-corrected chi connectivity index (χ3v) is 5.74. The Balaban J connectivity index is 1.84. The lowest BCUT2D eigenvalue weighted by Gasteiger charge is -2.33. The number of ether oxygens (including phenoxy) is 2. The molecular weight excluding hydrogens is 284 g/mol. The van der Waals surface area contributed by atoms with Gasteiger partial charge in [0.15, 0.2) is 0 Å². The molecule has 118 valence electrons. The van der Waals surface area contributed by atoms with Crippen molar-refractivity contribution in [1.82, 2.24) is 10.3 Å². The van der Waals surface area contributed by atoms with E-state index in [9.17, 15) is 0 Å². The summed E-state index contributed by atoms with van der Waals surface area (Å²) in [5.41, 5.74) is 1.01. The lowest BCUT2D eigenvalue weighted by atomic mass is 9.95. The van der Waals surface area contributed by atoms with Gasteiger partial charge in [-0.2, -0.15) is 0 Å². The highest BCUT2D eigenvalue weighted by atomic mass is 32.1. The van der Waals surface area contributed by atoms with Crippen LogP contribution in [0.3, 0.4) is 0 Å². The van der Waals surface area contributed by atoms with Crippen LogP contribution in [-0.2, 0) is 21.6 Å². The summed E-state index contributed by atoms with van der Waals surface area (Å²) in [6.45, 7) is 6.93. The molecule has 0 spiro atoms. The van der Waals surface area contributed by atoms with Crippen LogP contribution in [0.1, 0.15) is 61.0 Å². The van der Waals surface area contributed by atoms with Gasteiger partial charge in [-0.1, -0.05) is 13.8 Å². The number of rotatable bonds is 6. The Kier molecular flexibility index (Phi) is 4.64. The van der Waals surface area contributed by atoms with Crippen molar-refractivity contribution in [2.75, 3.05) is 20.3 Å². The average molecular weight is 310 g/mol. The second-order valence-corrected chi connectivity index (χ2v) is 7.53. The van der Waals surface area contributed by atoms with Gasteiger partial charge in [0.2, 0.25) is 0 Å². The lowest BCUT2D eigenvalue weighted by molar-refractivity contribution is -0.0949. The molecule has 1 aromatic heterocycles. The molecular formula is C16H26N2O2S. The van der Waals surface area contributed by atoms with E-state index in [1.807, 2.05) is 18.4 Å². The first kappa shape index (κ1) is 15.4. The summed E-state index contributed by atoms with van der Waals surface area (Å²) in [5, 5.41) is 4.76. The topological polar surface area (TPSA) is 43.4 Å². The summed E-state index contributed by atoms with van der Waals surface area (Å²) in [7, 11) is 1.81. The molecule has 0 atom stereocenters. The minimum absolute atomic E-state index is 0.232. The number of thiazole rings is 1. The van der Waals surface area contributed by atoms with Crippen LogP contribution < -0.4 is 5.32 Å². The van der Waals surface area contributed by atoms with E-state index in [-0.39, 0.29) is 5.60 Å². The van der Waals surface area contributed by atoms with Crippen LogP contribution in [0.5, 0.6) is 0 Å². The first-order valence-corrected chi connectivity index (χ1v) is 8.82. The maximum Gasteiger partial charge on any atom is 0.125 e. The van der Waals surface area contributed by atoms with Crippen LogP contribution in [0.2, 0.25) is 0 Å². The normalized spacial score (nSPS) is 21.9. The highest BCUT2D eigenvalue weighted by molar-refractivity contribution is 7.11. The molecule has 5 heteroatoms. The first-order valence-electron chi connectivity index (χ1n) is 8.01. The molecule has 3 rings (SSSR count). The second-order valence-electron chi connectivity index (χ2n) is 6.45. The van der Waals surface area contributed by atoms with Gasteiger partial charge in [-0.3, -0.25) is 0 Å². The second kappa shape index (κ2) is 6.32. The summed E-state index contributed by atoms with van der Waals surface area (Å²) in [6, 6.07) is 0.732. The van der Waals surface area contributed by atoms with Crippen LogP contribution in [0.4, 0.5) is 0 Å². The minimum Gasteiger partial charge on any atom is -0.381 e. The molecule has 2 aliphatic rings. The van der Waals surface area contributed by atoms with Crippen molar-refractivity contribution in [2.24, 2.45) is 0 Å². The number of aromatic nitrogens is 1. The van der Waals surface area contributed by atoms with E-state index in [2.05, 4.69) is 19.2 Å². The molecule has 0 radical (unpaired) electrons. The highest BCUT2D eigenvalue weighted by Gasteiger charge is 2.38. The standard InChI is InChI=1S/C16H26N2O2S/c1-11(2)14-13(10-17-12-4-5-12)21-15(18-14)16(19-3)6-8-20-9-7-16/h11-12,17H,4-10H2,1-3H3. The molecule has 2 fully saturated rings. The Bertz CT molecular complexity index is 477. The van der Waals surface area contributed by atoms with E-state index in [0.717, 1.165) is 43.6 Å². The third-order valence-electron chi connectivity index (χ3n) is 4.48. The summed E-state index contributed by atoms with van der Waals surface area (Å²) in [5.74, 6) is 0.458. The first-order chi connectivity index (χ1) is 10.1. The predicted molar refractivity (Wildman–Crippen MR) is 84.8 cm³/mol. The molecule has 4 nitrogen and oxygen atoms in total. The molecule has 21 heavy (non-hydrogen) atoms. The van der Waals surface area contributed by atoms with Crippen molar-refractivity contribution in [3.63, 3.8) is 0 Å². The predicted octanol–water partition coefficient (Wildman–Crippen LogP) is 3.17. The molecule has 0 bridgehead atoms. The van der Waals surface area contributed by atoms with E-state index < -0.39 is 0 Å². The Morgan fingerprint density at radius 1 is 1.38 bits per heavy atom. The molecule has 1 aromatic rings. The molecule has 0 amide bonds. The summed E-state index contributed by atoms with van der Waals surface area (Å²) < 4.78 is 11.4. The molecule has 0 unspecified atom stereocenters. The number of hydrogen-bond donors (Lipinski definition) is 1. The molecule has 1 N–H and O–H groups in total. The smallest absolute Gasteiger partial charge is 0.125 e. The largest absolute Gasteiger partial charge is 0.381 e. The van der Waals surface area contributed by atoms with Crippen LogP contribution >= 0.6 is 11.3 Å². The highest BCUT2D eigenvalue weighted by Crippen LogP contribution is 2.40. The van der Waals surface area contributed by atoms with Crippen LogP contribution in [0.15, 0.2) is 0 Å². The molecule has 1 saturated heterocycles. The maximum atomic E-state index is 5.90. The zero-order valence-electron chi connectivity index (χ0n) is 13.3. The van der Waals surface area contributed by atoms with Crippen LogP contribution in [-0.4, -0.2) is 31.3 Å². The number of nitrogens with one attached hydrogen (secondary N) is 1. The van der Waals surface area contributed by atoms with Gasteiger partial charge in [0.25, 0.3) is 0 Å². The van der Waals surface area contributed by atoms with Gasteiger partial charge in [-0.25, -0.2) is 4.98 Å². The zero-order chi connectivity index (χ0) is 14.9. The van der Waals surface area contributed by atoms with Gasteiger partial charge in [0.05, 0.1) is 5.69 Å². The van der Waals surface area contributed by atoms with Crippen molar-refractivity contribution in [1.29, 1.82) is 0 Å². The fourth-order valence-corrected chi connectivity index (χ4v) is 4.26. The van der Waals surface area contributed by atoms with Gasteiger partial charge >= 0.3 is 0 Å². The molecule has 1 aliphatic carbocycles. The van der Waals surface area contributed by atoms with Crippen molar-refractivity contribution < 1.29 is 9.47 Å². The fraction of sp³-hybridized carbons (Fsp3) is 0.812. The summed E-state index contributed by atoms with van der Waals surface area (Å²) in [6.07, 6.45) is 4.46. The van der Waals surface area contributed by atoms with Crippen molar-refractivity contribution in [3.05, 3.63) is 15.6 Å². The Labute approximate surface area is 131 Å². The monoisotopic (exact) mass is 310 g/mol. The van der Waals surface area contributed by atoms with Gasteiger partial charge in [0, 0.05) is 50.6 Å². The Morgan fingerprint density at radius 3 is 2.67 bits per heavy atom. The third kappa shape index (κ3) is 3.31. The van der Waals surface area contributed by atoms with Crippen LogP contribution in [0.25, 0.3) is 0 Å². The quantitative estimate of drug-likeness (QED) is 0.876. The summed E-state index contributed by atoms with van der Waals surface area (Å²) in [4.78, 5) is 6.36. The Hall–Kier alpha value is -0.490. The molecule has 1 saturated carbocycles. The number of nitrogens with zero attached hydrogens (tertiary/aromatic N) is 1. The van der Waals surface area contributed by atoms with Gasteiger partial charge < -0.3 is 14.8 Å². The Morgan fingerprint density at radius 2 is 2.10 bits per heavy atom. The van der Waals surface area contributed by atoms with E-state index in [4.69, 9.17) is 14.5 Å². The summed E-state index contributed by atoms with van der Waals surface area (Å²) >= 11 is 1.83. The van der Waals surface area contributed by atoms with Crippen molar-refractivity contribution >= 4 is 11.3 Å². The number of hydrogen-bond acceptors (Lipinski definition) is 5. The fourth-order valence-electron chi connectivity index (χ4n) is 2.87. The van der Waals surface area contributed by atoms with Gasteiger partial charge in [-0.15, -0.1) is 11.3 Å². The molecule has 0 aromatic carbocycles. The van der Waals surface area contributed by atoms with Gasteiger partial charge in [-0.05, 0) is 18.8 Å². The van der Waals surface area contributed by atoms with Gasteiger partial charge in [0.1, 0.15) is 10.6 Å².